The lowest BCUT2D eigenvalue weighted by Gasteiger charge is -2.37. The van der Waals surface area contributed by atoms with Crippen LogP contribution in [-0.2, 0) is 20.4 Å². The molecule has 154 valence electrons. The van der Waals surface area contributed by atoms with Gasteiger partial charge in [-0.05, 0) is 38.0 Å². The number of carbonyl (C=O) groups excluding carboxylic acids is 1. The molecule has 4 saturated heterocycles. The molecule has 2 unspecified atom stereocenters. The third-order valence-corrected chi connectivity index (χ3v) is 6.94. The average molecular weight is 408 g/mol. The Morgan fingerprint density at radius 1 is 1.38 bits per heavy atom. The number of benzene rings is 1. The van der Waals surface area contributed by atoms with E-state index in [-0.39, 0.29) is 11.6 Å². The Kier molecular flexibility index (Phi) is 3.72. The molecule has 0 aliphatic carbocycles. The Morgan fingerprint density at radius 2 is 2.14 bits per heavy atom. The van der Waals surface area contributed by atoms with Crippen molar-refractivity contribution in [2.24, 2.45) is 11.8 Å². The Morgan fingerprint density at radius 3 is 2.83 bits per heavy atom. The lowest BCUT2D eigenvalue weighted by atomic mass is 9.65. The minimum Gasteiger partial charge on any atom is -0.390 e. The van der Waals surface area contributed by atoms with Crippen LogP contribution in [0.1, 0.15) is 37.3 Å². The van der Waals surface area contributed by atoms with Crippen LogP contribution in [0.2, 0.25) is 0 Å². The summed E-state index contributed by atoms with van der Waals surface area (Å²) in [6, 6.07) is 4.80. The van der Waals surface area contributed by atoms with Gasteiger partial charge >= 0.3 is 6.18 Å². The molecule has 4 fully saturated rings. The van der Waals surface area contributed by atoms with Gasteiger partial charge in [-0.2, -0.15) is 18.4 Å². The number of nitriles is 1. The molecule has 6 atom stereocenters. The lowest BCUT2D eigenvalue weighted by Crippen LogP contribution is -2.51. The summed E-state index contributed by atoms with van der Waals surface area (Å²) in [5, 5.41) is 19.8. The van der Waals surface area contributed by atoms with Crippen LogP contribution in [0.15, 0.2) is 18.2 Å². The first kappa shape index (κ1) is 18.9. The predicted octanol–water partition coefficient (Wildman–Crippen LogP) is 2.58. The maximum absolute atomic E-state index is 13.5. The number of nitrogens with zero attached hydrogens (tertiary/aromatic N) is 2. The summed E-state index contributed by atoms with van der Waals surface area (Å²) in [6.07, 6.45) is -4.84. The molecule has 1 N–H and O–H groups in total. The van der Waals surface area contributed by atoms with Crippen LogP contribution in [0.25, 0.3) is 0 Å². The fourth-order valence-electron chi connectivity index (χ4n) is 5.90. The van der Waals surface area contributed by atoms with E-state index >= 15 is 0 Å². The maximum atomic E-state index is 13.5. The van der Waals surface area contributed by atoms with Crippen LogP contribution in [0.4, 0.5) is 18.9 Å². The Bertz CT molecular complexity index is 945. The molecule has 0 radical (unpaired) electrons. The molecular weight excluding hydrogens is 389 g/mol. The number of alkyl halides is 3. The molecule has 1 amide bonds. The number of aliphatic hydroxyl groups excluding tert-OH is 1. The standard InChI is InChI=1S/C20H19F3N2O4/c1-18-8-13(26)19(29-18)5-2-6-28-17-15(19)14(18)16(27)25(17)11-4-3-10(9-24)12(7-11)20(21,22)23/h3-4,7,13-15,17,26H,2,5-6,8H2,1H3/t13-,14?,15?,17-,18+,19-/m1/s1. The lowest BCUT2D eigenvalue weighted by molar-refractivity contribution is -0.138. The monoisotopic (exact) mass is 408 g/mol. The van der Waals surface area contributed by atoms with Crippen LogP contribution >= 0.6 is 0 Å². The van der Waals surface area contributed by atoms with E-state index in [1.807, 2.05) is 0 Å². The highest BCUT2D eigenvalue weighted by Crippen LogP contribution is 2.64. The number of hydrogen-bond donors (Lipinski definition) is 1. The first-order valence-corrected chi connectivity index (χ1v) is 9.57. The zero-order chi connectivity index (χ0) is 20.8. The molecule has 0 aromatic heterocycles. The fourth-order valence-corrected chi connectivity index (χ4v) is 5.90. The van der Waals surface area contributed by atoms with E-state index < -0.39 is 52.7 Å². The fraction of sp³-hybridized carbons (Fsp3) is 0.600. The molecule has 5 rings (SSSR count). The molecule has 29 heavy (non-hydrogen) atoms. The molecule has 4 aliphatic heterocycles. The quantitative estimate of drug-likeness (QED) is 0.773. The Balaban J connectivity index is 1.64. The number of aliphatic hydroxyl groups is 1. The number of anilines is 1. The topological polar surface area (TPSA) is 82.8 Å². The van der Waals surface area contributed by atoms with Crippen molar-refractivity contribution in [2.45, 2.75) is 55.9 Å². The van der Waals surface area contributed by atoms with Gasteiger partial charge in [-0.3, -0.25) is 9.69 Å². The van der Waals surface area contributed by atoms with E-state index in [9.17, 15) is 23.1 Å². The maximum Gasteiger partial charge on any atom is 0.417 e. The molecule has 4 aliphatic rings. The molecule has 9 heteroatoms. The van der Waals surface area contributed by atoms with Gasteiger partial charge in [0.15, 0.2) is 0 Å². The molecule has 1 aromatic rings. The zero-order valence-corrected chi connectivity index (χ0v) is 15.6. The van der Waals surface area contributed by atoms with Gasteiger partial charge in [0.25, 0.3) is 0 Å². The molecule has 0 saturated carbocycles. The van der Waals surface area contributed by atoms with E-state index in [0.717, 1.165) is 12.1 Å². The molecular formula is C20H19F3N2O4. The Hall–Kier alpha value is -2.15. The SMILES string of the molecule is C[C@]12C[C@@H](O)[C@@]3(CCCO[C@@H]4C3C1C(=O)N4c1ccc(C#N)c(C(F)(F)F)c1)O2. The van der Waals surface area contributed by atoms with Gasteiger partial charge in [-0.1, -0.05) is 0 Å². The third-order valence-electron chi connectivity index (χ3n) is 6.94. The van der Waals surface area contributed by atoms with E-state index in [1.54, 1.807) is 13.0 Å². The normalized spacial score (nSPS) is 40.7. The zero-order valence-electron chi connectivity index (χ0n) is 15.6. The first-order valence-electron chi connectivity index (χ1n) is 9.57. The number of carbonyl (C=O) groups is 1. The smallest absolute Gasteiger partial charge is 0.390 e. The second kappa shape index (κ2) is 5.72. The number of halogens is 3. The minimum atomic E-state index is -4.73. The minimum absolute atomic E-state index is 0.0373. The molecule has 2 bridgehead atoms. The summed E-state index contributed by atoms with van der Waals surface area (Å²) in [5.74, 6) is -1.42. The molecule has 6 nitrogen and oxygen atoms in total. The van der Waals surface area contributed by atoms with Crippen molar-refractivity contribution in [3.63, 3.8) is 0 Å². The van der Waals surface area contributed by atoms with Gasteiger partial charge in [0.05, 0.1) is 40.7 Å². The average Bonchev–Trinajstić information content (AvgIpc) is 3.13. The summed E-state index contributed by atoms with van der Waals surface area (Å²) in [5.41, 5.74) is -3.36. The van der Waals surface area contributed by atoms with Crippen LogP contribution < -0.4 is 4.90 Å². The van der Waals surface area contributed by atoms with E-state index in [4.69, 9.17) is 14.7 Å². The number of ether oxygens (including phenoxy) is 2. The van der Waals surface area contributed by atoms with Crippen LogP contribution in [0, 0.1) is 23.2 Å². The summed E-state index contributed by atoms with van der Waals surface area (Å²) >= 11 is 0. The van der Waals surface area contributed by atoms with E-state index in [1.165, 1.54) is 11.0 Å². The molecule has 1 aromatic carbocycles. The van der Waals surface area contributed by atoms with Crippen molar-refractivity contribution >= 4 is 11.6 Å². The highest BCUT2D eigenvalue weighted by atomic mass is 19.4. The van der Waals surface area contributed by atoms with Gasteiger partial charge in [-0.25, -0.2) is 0 Å². The van der Waals surface area contributed by atoms with E-state index in [0.29, 0.717) is 25.9 Å². The second-order valence-corrected chi connectivity index (χ2v) is 8.51. The summed E-state index contributed by atoms with van der Waals surface area (Å²) in [6.45, 7) is 2.09. The first-order chi connectivity index (χ1) is 13.6. The van der Waals surface area contributed by atoms with Crippen molar-refractivity contribution in [1.29, 1.82) is 5.26 Å². The van der Waals surface area contributed by atoms with Crippen LogP contribution in [0.3, 0.4) is 0 Å². The van der Waals surface area contributed by atoms with Gasteiger partial charge in [-0.15, -0.1) is 0 Å². The van der Waals surface area contributed by atoms with E-state index in [2.05, 4.69) is 0 Å². The highest BCUT2D eigenvalue weighted by molar-refractivity contribution is 6.00. The van der Waals surface area contributed by atoms with Gasteiger partial charge < -0.3 is 14.6 Å². The van der Waals surface area contributed by atoms with Crippen molar-refractivity contribution in [3.8, 4) is 6.07 Å². The largest absolute Gasteiger partial charge is 0.417 e. The van der Waals surface area contributed by atoms with Gasteiger partial charge in [0.2, 0.25) is 5.91 Å². The number of amides is 1. The third kappa shape index (κ3) is 2.31. The second-order valence-electron chi connectivity index (χ2n) is 8.51. The number of rotatable bonds is 1. The predicted molar refractivity (Wildman–Crippen MR) is 92.4 cm³/mol. The number of hydrogen-bond acceptors (Lipinski definition) is 5. The molecule has 1 spiro atoms. The van der Waals surface area contributed by atoms with Crippen molar-refractivity contribution < 1.29 is 32.5 Å². The van der Waals surface area contributed by atoms with Crippen molar-refractivity contribution in [2.75, 3.05) is 11.5 Å². The van der Waals surface area contributed by atoms with Crippen molar-refractivity contribution in [3.05, 3.63) is 29.3 Å². The van der Waals surface area contributed by atoms with Gasteiger partial charge in [0, 0.05) is 18.7 Å². The van der Waals surface area contributed by atoms with Gasteiger partial charge in [0.1, 0.15) is 11.8 Å². The Labute approximate surface area is 164 Å². The summed E-state index contributed by atoms with van der Waals surface area (Å²) in [4.78, 5) is 14.7. The summed E-state index contributed by atoms with van der Waals surface area (Å²) < 4.78 is 52.5. The summed E-state index contributed by atoms with van der Waals surface area (Å²) in [7, 11) is 0. The van der Waals surface area contributed by atoms with Crippen LogP contribution in [0.5, 0.6) is 0 Å². The molecule has 4 heterocycles. The van der Waals surface area contributed by atoms with Crippen molar-refractivity contribution in [1.82, 2.24) is 0 Å². The number of fused-ring (bicyclic) bond motifs is 2. The van der Waals surface area contributed by atoms with Crippen LogP contribution in [-0.4, -0.2) is 41.2 Å². The highest BCUT2D eigenvalue weighted by Gasteiger charge is 2.77.